The molecule has 2 aromatic rings. The summed E-state index contributed by atoms with van der Waals surface area (Å²) in [7, 11) is 0. The second kappa shape index (κ2) is 5.18. The average Bonchev–Trinajstić information content (AvgIpc) is 2.33. The number of nitrogens with zero attached hydrogens (tertiary/aromatic N) is 2. The van der Waals surface area contributed by atoms with Crippen molar-refractivity contribution in [2.75, 3.05) is 0 Å². The lowest BCUT2D eigenvalue weighted by molar-refractivity contribution is 0.177. The highest BCUT2D eigenvalue weighted by atomic mass is 79.9. The van der Waals surface area contributed by atoms with Gasteiger partial charge >= 0.3 is 0 Å². The maximum Gasteiger partial charge on any atom is 0.0846 e. The summed E-state index contributed by atoms with van der Waals surface area (Å²) in [4.78, 5) is 8.13. The Morgan fingerprint density at radius 3 is 2.56 bits per heavy atom. The fourth-order valence-electron chi connectivity index (χ4n) is 1.43. The summed E-state index contributed by atoms with van der Waals surface area (Å²) < 4.78 is 0.939. The summed E-state index contributed by atoms with van der Waals surface area (Å²) in [6, 6.07) is 7.43. The zero-order valence-electron chi connectivity index (χ0n) is 8.55. The van der Waals surface area contributed by atoms with E-state index in [0.29, 0.717) is 6.42 Å². The Kier molecular flexibility index (Phi) is 3.64. The van der Waals surface area contributed by atoms with Gasteiger partial charge in [0.05, 0.1) is 6.10 Å². The van der Waals surface area contributed by atoms with Crippen LogP contribution < -0.4 is 0 Å². The van der Waals surface area contributed by atoms with Crippen molar-refractivity contribution < 1.29 is 5.11 Å². The minimum atomic E-state index is -0.531. The van der Waals surface area contributed by atoms with Crippen molar-refractivity contribution in [3.63, 3.8) is 0 Å². The highest BCUT2D eigenvalue weighted by molar-refractivity contribution is 9.10. The molecule has 1 atom stereocenters. The lowest BCUT2D eigenvalue weighted by Gasteiger charge is -2.09. The Hall–Kier alpha value is -1.26. The summed E-state index contributed by atoms with van der Waals surface area (Å²) in [5, 5.41) is 9.96. The first-order valence-electron chi connectivity index (χ1n) is 4.94. The zero-order valence-corrected chi connectivity index (χ0v) is 10.1. The summed E-state index contributed by atoms with van der Waals surface area (Å²) in [5.41, 5.74) is 1.73. The Balaban J connectivity index is 2.08. The van der Waals surface area contributed by atoms with Crippen LogP contribution >= 0.6 is 15.9 Å². The van der Waals surface area contributed by atoms with Crippen molar-refractivity contribution in [3.8, 4) is 0 Å². The highest BCUT2D eigenvalue weighted by Gasteiger charge is 2.08. The van der Waals surface area contributed by atoms with Gasteiger partial charge in [0.15, 0.2) is 0 Å². The molecule has 0 saturated heterocycles. The molecule has 4 heteroatoms. The number of hydrogen-bond acceptors (Lipinski definition) is 3. The van der Waals surface area contributed by atoms with E-state index in [9.17, 15) is 5.11 Å². The van der Waals surface area contributed by atoms with Crippen LogP contribution in [-0.2, 0) is 6.42 Å². The number of aromatic nitrogens is 2. The molecular formula is C12H11BrN2O. The van der Waals surface area contributed by atoms with E-state index in [2.05, 4.69) is 25.9 Å². The monoisotopic (exact) mass is 278 g/mol. The van der Waals surface area contributed by atoms with Crippen LogP contribution in [0.4, 0.5) is 0 Å². The zero-order chi connectivity index (χ0) is 11.4. The van der Waals surface area contributed by atoms with Crippen molar-refractivity contribution >= 4 is 15.9 Å². The lowest BCUT2D eigenvalue weighted by Crippen LogP contribution is -2.03. The molecule has 0 bridgehead atoms. The lowest BCUT2D eigenvalue weighted by atomic mass is 10.1. The summed E-state index contributed by atoms with van der Waals surface area (Å²) in [5.74, 6) is 0. The van der Waals surface area contributed by atoms with Gasteiger partial charge in [0.1, 0.15) is 0 Å². The molecule has 2 aromatic heterocycles. The Bertz CT molecular complexity index is 444. The van der Waals surface area contributed by atoms with Crippen molar-refractivity contribution in [2.24, 2.45) is 0 Å². The summed E-state index contributed by atoms with van der Waals surface area (Å²) in [6.45, 7) is 0. The van der Waals surface area contributed by atoms with E-state index in [-0.39, 0.29) is 0 Å². The predicted octanol–water partition coefficient (Wildman–Crippen LogP) is 2.52. The maximum atomic E-state index is 9.96. The molecule has 1 N–H and O–H groups in total. The van der Waals surface area contributed by atoms with Gasteiger partial charge in [-0.25, -0.2) is 0 Å². The summed E-state index contributed by atoms with van der Waals surface area (Å²) in [6.07, 6.45) is 5.06. The van der Waals surface area contributed by atoms with Gasteiger partial charge in [-0.1, -0.05) is 0 Å². The van der Waals surface area contributed by atoms with Crippen LogP contribution in [0.25, 0.3) is 0 Å². The first-order valence-corrected chi connectivity index (χ1v) is 5.73. The van der Waals surface area contributed by atoms with Gasteiger partial charge in [-0.2, -0.15) is 0 Å². The number of pyridine rings is 2. The molecule has 0 aliphatic carbocycles. The van der Waals surface area contributed by atoms with Crippen molar-refractivity contribution in [2.45, 2.75) is 12.5 Å². The van der Waals surface area contributed by atoms with Crippen molar-refractivity contribution in [1.82, 2.24) is 9.97 Å². The molecule has 0 radical (unpaired) electrons. The van der Waals surface area contributed by atoms with E-state index in [0.717, 1.165) is 15.7 Å². The topological polar surface area (TPSA) is 46.0 Å². The first-order chi connectivity index (χ1) is 7.75. The van der Waals surface area contributed by atoms with E-state index >= 15 is 0 Å². The fourth-order valence-corrected chi connectivity index (χ4v) is 1.66. The SMILES string of the molecule is OC(Cc1ccc(Br)cn1)c1ccncc1. The van der Waals surface area contributed by atoms with Crippen LogP contribution in [0, 0.1) is 0 Å². The van der Waals surface area contributed by atoms with Gasteiger partial charge in [0.2, 0.25) is 0 Å². The standard InChI is InChI=1S/C12H11BrN2O/c13-10-1-2-11(15-8-10)7-12(16)9-3-5-14-6-4-9/h1-6,8,12,16H,7H2. The molecule has 3 nitrogen and oxygen atoms in total. The molecule has 0 fully saturated rings. The van der Waals surface area contributed by atoms with Gasteiger partial charge in [0, 0.05) is 35.2 Å². The molecule has 82 valence electrons. The minimum absolute atomic E-state index is 0.511. The number of aliphatic hydroxyl groups excluding tert-OH is 1. The fraction of sp³-hybridized carbons (Fsp3) is 0.167. The van der Waals surface area contributed by atoms with E-state index in [4.69, 9.17) is 0 Å². The smallest absolute Gasteiger partial charge is 0.0846 e. The molecule has 2 heterocycles. The number of halogens is 1. The maximum absolute atomic E-state index is 9.96. The van der Waals surface area contributed by atoms with Gasteiger partial charge in [-0.3, -0.25) is 9.97 Å². The molecule has 0 aliphatic heterocycles. The Labute approximate surface area is 102 Å². The van der Waals surface area contributed by atoms with Gasteiger partial charge in [0.25, 0.3) is 0 Å². The van der Waals surface area contributed by atoms with E-state index in [1.807, 2.05) is 24.3 Å². The number of aliphatic hydroxyl groups is 1. The van der Waals surface area contributed by atoms with Crippen LogP contribution in [0.1, 0.15) is 17.4 Å². The second-order valence-corrected chi connectivity index (χ2v) is 4.38. The Morgan fingerprint density at radius 2 is 1.94 bits per heavy atom. The molecule has 0 amide bonds. The summed E-state index contributed by atoms with van der Waals surface area (Å²) >= 11 is 3.32. The minimum Gasteiger partial charge on any atom is -0.388 e. The molecule has 1 unspecified atom stereocenters. The number of hydrogen-bond donors (Lipinski definition) is 1. The highest BCUT2D eigenvalue weighted by Crippen LogP contribution is 2.17. The third kappa shape index (κ3) is 2.87. The average molecular weight is 279 g/mol. The molecule has 0 aliphatic rings. The van der Waals surface area contributed by atoms with Gasteiger partial charge in [-0.05, 0) is 45.8 Å². The van der Waals surface area contributed by atoms with Crippen LogP contribution in [0.2, 0.25) is 0 Å². The van der Waals surface area contributed by atoms with E-state index in [1.54, 1.807) is 18.6 Å². The van der Waals surface area contributed by atoms with E-state index < -0.39 is 6.10 Å². The van der Waals surface area contributed by atoms with Crippen molar-refractivity contribution in [3.05, 3.63) is 58.6 Å². The quantitative estimate of drug-likeness (QED) is 0.939. The third-order valence-electron chi connectivity index (χ3n) is 2.28. The molecule has 2 rings (SSSR count). The van der Waals surface area contributed by atoms with Gasteiger partial charge in [-0.15, -0.1) is 0 Å². The van der Waals surface area contributed by atoms with Crippen LogP contribution in [0.3, 0.4) is 0 Å². The first kappa shape index (κ1) is 11.2. The predicted molar refractivity (Wildman–Crippen MR) is 64.8 cm³/mol. The third-order valence-corrected chi connectivity index (χ3v) is 2.75. The van der Waals surface area contributed by atoms with Crippen LogP contribution in [-0.4, -0.2) is 15.1 Å². The molecular weight excluding hydrogens is 268 g/mol. The van der Waals surface area contributed by atoms with E-state index in [1.165, 1.54) is 0 Å². The van der Waals surface area contributed by atoms with Crippen LogP contribution in [0.15, 0.2) is 47.3 Å². The normalized spacial score (nSPS) is 12.4. The Morgan fingerprint density at radius 1 is 1.19 bits per heavy atom. The molecule has 16 heavy (non-hydrogen) atoms. The molecule has 0 spiro atoms. The van der Waals surface area contributed by atoms with Crippen molar-refractivity contribution in [1.29, 1.82) is 0 Å². The second-order valence-electron chi connectivity index (χ2n) is 3.47. The number of rotatable bonds is 3. The largest absolute Gasteiger partial charge is 0.388 e. The molecule has 0 saturated carbocycles. The van der Waals surface area contributed by atoms with Crippen LogP contribution in [0.5, 0.6) is 0 Å². The van der Waals surface area contributed by atoms with Gasteiger partial charge < -0.3 is 5.11 Å². The molecule has 0 aromatic carbocycles.